The number of benzene rings is 1. The van der Waals surface area contributed by atoms with Gasteiger partial charge in [-0.05, 0) is 30.7 Å². The molecule has 3 rings (SSSR count). The largest absolute Gasteiger partial charge is 0.308 e. The molecule has 1 aliphatic heterocycles. The number of nitriles is 1. The fourth-order valence-corrected chi connectivity index (χ4v) is 4.32. The average Bonchev–Trinajstić information content (AvgIpc) is 2.75. The summed E-state index contributed by atoms with van der Waals surface area (Å²) in [5.41, 5.74) is 1.45. The normalized spacial score (nSPS) is 17.9. The number of nitrogens with one attached hydrogen (secondary N) is 1. The quantitative estimate of drug-likeness (QED) is 0.906. The number of pyridine rings is 1. The minimum absolute atomic E-state index is 0.0145. The molecule has 7 heteroatoms. The molecule has 1 N–H and O–H groups in total. The van der Waals surface area contributed by atoms with Crippen molar-refractivity contribution in [2.75, 3.05) is 10.8 Å². The summed E-state index contributed by atoms with van der Waals surface area (Å²) in [7, 11) is -3.87. The maximum absolute atomic E-state index is 13.1. The molecule has 0 bridgehead atoms. The van der Waals surface area contributed by atoms with Crippen molar-refractivity contribution < 1.29 is 8.42 Å². The third-order valence-corrected chi connectivity index (χ3v) is 5.60. The van der Waals surface area contributed by atoms with Crippen molar-refractivity contribution in [3.63, 3.8) is 0 Å². The van der Waals surface area contributed by atoms with Crippen LogP contribution in [0, 0.1) is 11.3 Å². The topological polar surface area (TPSA) is 86.1 Å². The molecule has 118 valence electrons. The van der Waals surface area contributed by atoms with E-state index < -0.39 is 10.0 Å². The van der Waals surface area contributed by atoms with Gasteiger partial charge in [-0.25, -0.2) is 13.4 Å². The lowest BCUT2D eigenvalue weighted by atomic mass is 10.2. The zero-order valence-corrected chi connectivity index (χ0v) is 13.4. The summed E-state index contributed by atoms with van der Waals surface area (Å²) in [5.74, 6) is 0. The molecule has 1 aromatic heterocycles. The molecule has 0 spiro atoms. The van der Waals surface area contributed by atoms with Crippen LogP contribution in [-0.2, 0) is 16.6 Å². The molecule has 1 unspecified atom stereocenters. The summed E-state index contributed by atoms with van der Waals surface area (Å²) in [6.07, 6.45) is 1.41. The van der Waals surface area contributed by atoms with E-state index in [0.29, 0.717) is 18.8 Å². The Morgan fingerprint density at radius 2 is 2.09 bits per heavy atom. The number of para-hydroxylation sites is 1. The molecule has 0 radical (unpaired) electrons. The Morgan fingerprint density at radius 1 is 1.30 bits per heavy atom. The second-order valence-electron chi connectivity index (χ2n) is 5.41. The smallest absolute Gasteiger partial charge is 0.267 e. The van der Waals surface area contributed by atoms with E-state index in [4.69, 9.17) is 0 Å². The molecule has 0 saturated carbocycles. The third-order valence-electron chi connectivity index (χ3n) is 3.79. The first-order valence-electron chi connectivity index (χ1n) is 7.23. The van der Waals surface area contributed by atoms with Crippen LogP contribution in [0.15, 0.2) is 47.5 Å². The molecule has 6 nitrogen and oxygen atoms in total. The third kappa shape index (κ3) is 2.79. The zero-order chi connectivity index (χ0) is 16.4. The number of nitrogens with zero attached hydrogens (tertiary/aromatic N) is 3. The molecular weight excluding hydrogens is 312 g/mol. The van der Waals surface area contributed by atoms with Crippen LogP contribution in [0.3, 0.4) is 0 Å². The van der Waals surface area contributed by atoms with Crippen LogP contribution in [0.25, 0.3) is 0 Å². The van der Waals surface area contributed by atoms with E-state index in [1.54, 1.807) is 6.07 Å². The number of fused-ring (bicyclic) bond motifs is 1. The van der Waals surface area contributed by atoms with Gasteiger partial charge < -0.3 is 5.32 Å². The van der Waals surface area contributed by atoms with Crippen molar-refractivity contribution in [1.82, 2.24) is 10.3 Å². The number of hydrogen-bond acceptors (Lipinski definition) is 5. The van der Waals surface area contributed by atoms with Crippen LogP contribution in [0.2, 0.25) is 0 Å². The summed E-state index contributed by atoms with van der Waals surface area (Å²) < 4.78 is 27.6. The number of anilines is 1. The minimum Gasteiger partial charge on any atom is -0.308 e. The van der Waals surface area contributed by atoms with Crippen molar-refractivity contribution in [1.29, 1.82) is 5.26 Å². The second-order valence-corrected chi connectivity index (χ2v) is 7.24. The Hall–Kier alpha value is -2.43. The van der Waals surface area contributed by atoms with Gasteiger partial charge in [0.2, 0.25) is 0 Å². The zero-order valence-electron chi connectivity index (χ0n) is 12.6. The first-order valence-corrected chi connectivity index (χ1v) is 8.67. The van der Waals surface area contributed by atoms with E-state index >= 15 is 0 Å². The standard InChI is InChI=1S/C16H16N4O2S/c1-12-11-20(15-6-3-2-5-13(15)10-19-12)23(21,22)16-7-4-8-18-14(16)9-17/h2-8,12,19H,10-11H2,1H3. The highest BCUT2D eigenvalue weighted by Crippen LogP contribution is 2.29. The fourth-order valence-electron chi connectivity index (χ4n) is 2.63. The summed E-state index contributed by atoms with van der Waals surface area (Å²) in [5, 5.41) is 12.5. The van der Waals surface area contributed by atoms with Gasteiger partial charge in [0, 0.05) is 25.3 Å². The molecule has 2 aromatic rings. The Labute approximate surface area is 135 Å². The fraction of sp³-hybridized carbons (Fsp3) is 0.250. The summed E-state index contributed by atoms with van der Waals surface area (Å²) in [4.78, 5) is 3.81. The number of hydrogen-bond donors (Lipinski definition) is 1. The van der Waals surface area contributed by atoms with Gasteiger partial charge in [-0.15, -0.1) is 0 Å². The van der Waals surface area contributed by atoms with Crippen molar-refractivity contribution in [3.05, 3.63) is 53.9 Å². The molecule has 0 fully saturated rings. The van der Waals surface area contributed by atoms with Crippen LogP contribution < -0.4 is 9.62 Å². The van der Waals surface area contributed by atoms with E-state index in [0.717, 1.165) is 5.56 Å². The molecule has 1 aromatic carbocycles. The van der Waals surface area contributed by atoms with Crippen LogP contribution in [-0.4, -0.2) is 26.0 Å². The van der Waals surface area contributed by atoms with Gasteiger partial charge >= 0.3 is 0 Å². The molecule has 0 amide bonds. The van der Waals surface area contributed by atoms with Gasteiger partial charge in [0.05, 0.1) is 5.69 Å². The maximum atomic E-state index is 13.1. The molecule has 1 aliphatic rings. The minimum atomic E-state index is -3.87. The average molecular weight is 328 g/mol. The Balaban J connectivity index is 2.17. The van der Waals surface area contributed by atoms with E-state index in [-0.39, 0.29) is 16.6 Å². The lowest BCUT2D eigenvalue weighted by molar-refractivity contribution is 0.556. The SMILES string of the molecule is CC1CN(S(=O)(=O)c2cccnc2C#N)c2ccccc2CN1. The second kappa shape index (κ2) is 5.99. The lowest BCUT2D eigenvalue weighted by Crippen LogP contribution is -2.40. The first-order chi connectivity index (χ1) is 11.0. The van der Waals surface area contributed by atoms with Gasteiger partial charge in [-0.3, -0.25) is 4.31 Å². The van der Waals surface area contributed by atoms with E-state index in [1.807, 2.05) is 31.2 Å². The van der Waals surface area contributed by atoms with Crippen LogP contribution in [0.4, 0.5) is 5.69 Å². The Bertz CT molecular complexity index is 874. The molecule has 0 aliphatic carbocycles. The van der Waals surface area contributed by atoms with Gasteiger partial charge in [-0.2, -0.15) is 5.26 Å². The highest BCUT2D eigenvalue weighted by atomic mass is 32.2. The Morgan fingerprint density at radius 3 is 2.87 bits per heavy atom. The van der Waals surface area contributed by atoms with Gasteiger partial charge in [0.1, 0.15) is 11.0 Å². The predicted molar refractivity (Wildman–Crippen MR) is 86.2 cm³/mol. The van der Waals surface area contributed by atoms with Crippen molar-refractivity contribution in [2.24, 2.45) is 0 Å². The number of aromatic nitrogens is 1. The monoisotopic (exact) mass is 328 g/mol. The van der Waals surface area contributed by atoms with E-state index in [2.05, 4.69) is 10.3 Å². The van der Waals surface area contributed by atoms with Crippen LogP contribution in [0.5, 0.6) is 0 Å². The summed E-state index contributed by atoms with van der Waals surface area (Å²) in [6, 6.07) is 12.2. The van der Waals surface area contributed by atoms with Gasteiger partial charge in [0.15, 0.2) is 5.69 Å². The van der Waals surface area contributed by atoms with Crippen molar-refractivity contribution in [3.8, 4) is 6.07 Å². The van der Waals surface area contributed by atoms with E-state index in [9.17, 15) is 13.7 Å². The highest BCUT2D eigenvalue weighted by Gasteiger charge is 2.32. The summed E-state index contributed by atoms with van der Waals surface area (Å²) >= 11 is 0. The number of rotatable bonds is 2. The molecule has 0 saturated heterocycles. The number of sulfonamides is 1. The molecule has 2 heterocycles. The highest BCUT2D eigenvalue weighted by molar-refractivity contribution is 7.92. The van der Waals surface area contributed by atoms with E-state index in [1.165, 1.54) is 22.6 Å². The van der Waals surface area contributed by atoms with Crippen molar-refractivity contribution >= 4 is 15.7 Å². The van der Waals surface area contributed by atoms with Crippen molar-refractivity contribution in [2.45, 2.75) is 24.4 Å². The van der Waals surface area contributed by atoms with Gasteiger partial charge in [0.25, 0.3) is 10.0 Å². The predicted octanol–water partition coefficient (Wildman–Crippen LogP) is 1.64. The lowest BCUT2D eigenvalue weighted by Gasteiger charge is -2.26. The Kier molecular flexibility index (Phi) is 4.03. The molecule has 23 heavy (non-hydrogen) atoms. The first kappa shape index (κ1) is 15.5. The maximum Gasteiger partial charge on any atom is 0.267 e. The molecular formula is C16H16N4O2S. The molecule has 1 atom stereocenters. The van der Waals surface area contributed by atoms with Crippen LogP contribution >= 0.6 is 0 Å². The summed E-state index contributed by atoms with van der Waals surface area (Å²) in [6.45, 7) is 2.82. The van der Waals surface area contributed by atoms with Crippen LogP contribution in [0.1, 0.15) is 18.2 Å². The van der Waals surface area contributed by atoms with Gasteiger partial charge in [-0.1, -0.05) is 18.2 Å².